The van der Waals surface area contributed by atoms with Gasteiger partial charge >= 0.3 is 0 Å². The van der Waals surface area contributed by atoms with Crippen molar-refractivity contribution in [1.82, 2.24) is 5.32 Å². The molecule has 0 radical (unpaired) electrons. The maximum atomic E-state index is 12.6. The molecule has 1 unspecified atom stereocenters. The Labute approximate surface area is 170 Å². The molecular formula is C20H24N2O6S. The molecule has 2 aromatic rings. The van der Waals surface area contributed by atoms with Crippen molar-refractivity contribution >= 4 is 21.6 Å². The van der Waals surface area contributed by atoms with E-state index in [1.165, 1.54) is 4.31 Å². The number of anilines is 1. The van der Waals surface area contributed by atoms with Crippen LogP contribution in [0.3, 0.4) is 0 Å². The van der Waals surface area contributed by atoms with Gasteiger partial charge in [0.15, 0.2) is 17.6 Å². The van der Waals surface area contributed by atoms with Gasteiger partial charge in [-0.05, 0) is 36.8 Å². The molecule has 156 valence electrons. The minimum atomic E-state index is -3.55. The van der Waals surface area contributed by atoms with Crippen LogP contribution >= 0.6 is 0 Å². The first kappa shape index (κ1) is 20.8. The molecule has 3 rings (SSSR count). The van der Waals surface area contributed by atoms with E-state index in [1.807, 2.05) is 19.1 Å². The lowest BCUT2D eigenvalue weighted by Crippen LogP contribution is -2.51. The topological polar surface area (TPSA) is 94.2 Å². The number of ether oxygens (including phenoxy) is 3. The highest BCUT2D eigenvalue weighted by Gasteiger charge is 2.34. The molecule has 0 fully saturated rings. The summed E-state index contributed by atoms with van der Waals surface area (Å²) in [5.41, 5.74) is 1.34. The molecule has 8 nitrogen and oxygen atoms in total. The normalized spacial score (nSPS) is 15.8. The van der Waals surface area contributed by atoms with Crippen LogP contribution in [0.1, 0.15) is 5.56 Å². The first-order valence-electron chi connectivity index (χ1n) is 9.08. The molecule has 1 heterocycles. The highest BCUT2D eigenvalue weighted by Crippen LogP contribution is 2.35. The largest absolute Gasteiger partial charge is 0.493 e. The van der Waals surface area contributed by atoms with E-state index in [0.717, 1.165) is 11.8 Å². The Morgan fingerprint density at radius 1 is 1.24 bits per heavy atom. The molecule has 29 heavy (non-hydrogen) atoms. The van der Waals surface area contributed by atoms with E-state index in [1.54, 1.807) is 37.4 Å². The van der Waals surface area contributed by atoms with Crippen molar-refractivity contribution in [2.45, 2.75) is 13.0 Å². The Balaban J connectivity index is 1.62. The summed E-state index contributed by atoms with van der Waals surface area (Å²) in [4.78, 5) is 12.6. The summed E-state index contributed by atoms with van der Waals surface area (Å²) in [6, 6.07) is 12.4. The van der Waals surface area contributed by atoms with Crippen LogP contribution in [0.4, 0.5) is 5.69 Å². The SMILES string of the molecule is COc1ccccc1OCCNC(=O)C1CN(S(C)(=O)=O)c2ccc(C)cc2O1. The zero-order chi connectivity index (χ0) is 21.0. The van der Waals surface area contributed by atoms with E-state index in [2.05, 4.69) is 5.32 Å². The van der Waals surface area contributed by atoms with Gasteiger partial charge in [-0.2, -0.15) is 0 Å². The van der Waals surface area contributed by atoms with Crippen molar-refractivity contribution < 1.29 is 27.4 Å². The molecule has 9 heteroatoms. The maximum Gasteiger partial charge on any atom is 0.263 e. The number of nitrogens with zero attached hydrogens (tertiary/aromatic N) is 1. The zero-order valence-corrected chi connectivity index (χ0v) is 17.4. The number of sulfonamides is 1. The Hall–Kier alpha value is -2.94. The van der Waals surface area contributed by atoms with Crippen LogP contribution in [0.15, 0.2) is 42.5 Å². The van der Waals surface area contributed by atoms with Gasteiger partial charge in [0, 0.05) is 0 Å². The second-order valence-corrected chi connectivity index (χ2v) is 8.57. The van der Waals surface area contributed by atoms with E-state index < -0.39 is 22.0 Å². The van der Waals surface area contributed by atoms with Crippen molar-refractivity contribution in [3.05, 3.63) is 48.0 Å². The Morgan fingerprint density at radius 2 is 1.97 bits per heavy atom. The first-order valence-corrected chi connectivity index (χ1v) is 10.9. The van der Waals surface area contributed by atoms with Gasteiger partial charge in [0.1, 0.15) is 12.4 Å². The number of nitrogens with one attached hydrogen (secondary N) is 1. The summed E-state index contributed by atoms with van der Waals surface area (Å²) in [6.07, 6.45) is 0.156. The molecule has 0 bridgehead atoms. The number of benzene rings is 2. The quantitative estimate of drug-likeness (QED) is 0.686. The van der Waals surface area contributed by atoms with E-state index in [-0.39, 0.29) is 19.7 Å². The molecule has 0 aromatic heterocycles. The van der Waals surface area contributed by atoms with Crippen LogP contribution in [-0.4, -0.2) is 53.5 Å². The molecule has 0 aliphatic carbocycles. The predicted octanol–water partition coefficient (Wildman–Crippen LogP) is 1.73. The molecule has 0 spiro atoms. The predicted molar refractivity (Wildman–Crippen MR) is 109 cm³/mol. The zero-order valence-electron chi connectivity index (χ0n) is 16.5. The molecule has 2 aromatic carbocycles. The maximum absolute atomic E-state index is 12.6. The van der Waals surface area contributed by atoms with Gasteiger partial charge in [-0.25, -0.2) is 8.42 Å². The minimum absolute atomic E-state index is 0.0892. The fourth-order valence-electron chi connectivity index (χ4n) is 3.00. The van der Waals surface area contributed by atoms with Crippen LogP contribution in [-0.2, 0) is 14.8 Å². The highest BCUT2D eigenvalue weighted by atomic mass is 32.2. The number of hydrogen-bond donors (Lipinski definition) is 1. The lowest BCUT2D eigenvalue weighted by atomic mass is 10.1. The molecule has 0 saturated carbocycles. The summed E-state index contributed by atoms with van der Waals surface area (Å²) < 4.78 is 42.2. The second-order valence-electron chi connectivity index (χ2n) is 6.66. The van der Waals surface area contributed by atoms with Gasteiger partial charge in [-0.1, -0.05) is 18.2 Å². The number of para-hydroxylation sites is 2. The van der Waals surface area contributed by atoms with Crippen molar-refractivity contribution in [3.8, 4) is 17.2 Å². The number of carbonyl (C=O) groups excluding carboxylic acids is 1. The summed E-state index contributed by atoms with van der Waals surface area (Å²) in [5, 5.41) is 2.73. The average Bonchev–Trinajstić information content (AvgIpc) is 2.69. The summed E-state index contributed by atoms with van der Waals surface area (Å²) in [6.45, 7) is 2.24. The molecule has 0 saturated heterocycles. The Morgan fingerprint density at radius 3 is 2.66 bits per heavy atom. The Bertz CT molecular complexity index is 992. The number of amides is 1. The van der Waals surface area contributed by atoms with Crippen LogP contribution in [0.25, 0.3) is 0 Å². The number of methoxy groups -OCH3 is 1. The third-order valence-corrected chi connectivity index (χ3v) is 5.55. The minimum Gasteiger partial charge on any atom is -0.493 e. The van der Waals surface area contributed by atoms with Gasteiger partial charge in [0.2, 0.25) is 10.0 Å². The molecule has 1 amide bonds. The van der Waals surface area contributed by atoms with Crippen LogP contribution in [0.2, 0.25) is 0 Å². The molecule has 1 aliphatic rings. The van der Waals surface area contributed by atoms with Crippen molar-refractivity contribution in [1.29, 1.82) is 0 Å². The molecule has 1 aliphatic heterocycles. The van der Waals surface area contributed by atoms with Crippen molar-refractivity contribution in [3.63, 3.8) is 0 Å². The standard InChI is InChI=1S/C20H24N2O6S/c1-14-8-9-15-18(12-14)28-19(13-22(15)29(3,24)25)20(23)21-10-11-27-17-7-5-4-6-16(17)26-2/h4-9,12,19H,10-11,13H2,1-3H3,(H,21,23). The van der Waals surface area contributed by atoms with Gasteiger partial charge in [-0.15, -0.1) is 0 Å². The van der Waals surface area contributed by atoms with E-state index in [0.29, 0.717) is 22.9 Å². The monoisotopic (exact) mass is 420 g/mol. The third-order valence-electron chi connectivity index (χ3n) is 4.41. The van der Waals surface area contributed by atoms with Gasteiger partial charge < -0.3 is 19.5 Å². The Kier molecular flexibility index (Phi) is 6.17. The lowest BCUT2D eigenvalue weighted by molar-refractivity contribution is -0.127. The van der Waals surface area contributed by atoms with Crippen LogP contribution < -0.4 is 23.8 Å². The molecule has 1 atom stereocenters. The van der Waals surface area contributed by atoms with E-state index >= 15 is 0 Å². The molecular weight excluding hydrogens is 396 g/mol. The van der Waals surface area contributed by atoms with E-state index in [9.17, 15) is 13.2 Å². The summed E-state index contributed by atoms with van der Waals surface area (Å²) >= 11 is 0. The molecule has 1 N–H and O–H groups in total. The number of carbonyl (C=O) groups is 1. The second kappa shape index (κ2) is 8.60. The average molecular weight is 420 g/mol. The fourth-order valence-corrected chi connectivity index (χ4v) is 3.91. The van der Waals surface area contributed by atoms with Gasteiger partial charge in [0.05, 0.1) is 32.1 Å². The number of hydrogen-bond acceptors (Lipinski definition) is 6. The number of rotatable bonds is 7. The summed E-state index contributed by atoms with van der Waals surface area (Å²) in [7, 11) is -2.00. The highest BCUT2D eigenvalue weighted by molar-refractivity contribution is 7.92. The first-order chi connectivity index (χ1) is 13.8. The number of aryl methyl sites for hydroxylation is 1. The fraction of sp³-hybridized carbons (Fsp3) is 0.350. The summed E-state index contributed by atoms with van der Waals surface area (Å²) in [5.74, 6) is 1.14. The van der Waals surface area contributed by atoms with Gasteiger partial charge in [0.25, 0.3) is 5.91 Å². The van der Waals surface area contributed by atoms with Gasteiger partial charge in [-0.3, -0.25) is 9.10 Å². The van der Waals surface area contributed by atoms with Crippen LogP contribution in [0.5, 0.6) is 17.2 Å². The smallest absolute Gasteiger partial charge is 0.263 e. The van der Waals surface area contributed by atoms with Crippen molar-refractivity contribution in [2.75, 3.05) is 37.4 Å². The van der Waals surface area contributed by atoms with Crippen molar-refractivity contribution in [2.24, 2.45) is 0 Å². The lowest BCUT2D eigenvalue weighted by Gasteiger charge is -2.34. The number of fused-ring (bicyclic) bond motifs is 1. The van der Waals surface area contributed by atoms with Crippen LogP contribution in [0, 0.1) is 6.92 Å². The third kappa shape index (κ3) is 4.92. The van der Waals surface area contributed by atoms with E-state index in [4.69, 9.17) is 14.2 Å².